The number of fused-ring (bicyclic) bond motifs is 2. The lowest BCUT2D eigenvalue weighted by Crippen LogP contribution is -2.44. The zero-order valence-electron chi connectivity index (χ0n) is 6.69. The van der Waals surface area contributed by atoms with Gasteiger partial charge in [-0.1, -0.05) is 30.3 Å². The molecule has 1 aromatic rings. The molecule has 0 aromatic heterocycles. The lowest BCUT2D eigenvalue weighted by atomic mass is 10.1. The van der Waals surface area contributed by atoms with Crippen molar-refractivity contribution in [3.8, 4) is 0 Å². The van der Waals surface area contributed by atoms with Gasteiger partial charge in [0.25, 0.3) is 0 Å². The van der Waals surface area contributed by atoms with E-state index in [1.165, 1.54) is 0 Å². The molecule has 0 N–H and O–H groups in total. The van der Waals surface area contributed by atoms with E-state index in [0.29, 0.717) is 0 Å². The van der Waals surface area contributed by atoms with Crippen LogP contribution in [0.25, 0.3) is 6.08 Å². The number of rotatable bonds is 0. The fourth-order valence-corrected chi connectivity index (χ4v) is 1.68. The second-order valence-electron chi connectivity index (χ2n) is 3.04. The number of carbonyl (C=O) groups excluding carboxylic acids is 1. The summed E-state index contributed by atoms with van der Waals surface area (Å²) in [6, 6.07) is 7.67. The van der Waals surface area contributed by atoms with Crippen molar-refractivity contribution in [1.82, 2.24) is 0 Å². The standard InChI is InChI=1S/C10H6O3/c11-9-12-10(13-9)6-5-7-3-1-2-4-8(7)10/h1-6H. The molecule has 64 valence electrons. The number of hydrogen-bond acceptors (Lipinski definition) is 3. The molecule has 2 aliphatic rings. The van der Waals surface area contributed by atoms with Gasteiger partial charge in [-0.25, -0.2) is 4.79 Å². The molecule has 0 amide bonds. The lowest BCUT2D eigenvalue weighted by molar-refractivity contribution is -0.246. The smallest absolute Gasteiger partial charge is 0.382 e. The molecule has 0 atom stereocenters. The molecule has 1 heterocycles. The van der Waals surface area contributed by atoms with E-state index >= 15 is 0 Å². The second-order valence-corrected chi connectivity index (χ2v) is 3.04. The number of ether oxygens (including phenoxy) is 2. The Labute approximate surface area is 74.6 Å². The van der Waals surface area contributed by atoms with Crippen molar-refractivity contribution in [3.63, 3.8) is 0 Å². The van der Waals surface area contributed by atoms with Gasteiger partial charge in [0.2, 0.25) is 0 Å². The van der Waals surface area contributed by atoms with E-state index < -0.39 is 11.9 Å². The van der Waals surface area contributed by atoms with Crippen molar-refractivity contribution in [3.05, 3.63) is 41.5 Å². The Balaban J connectivity index is 2.13. The van der Waals surface area contributed by atoms with Gasteiger partial charge in [-0.05, 0) is 5.56 Å². The summed E-state index contributed by atoms with van der Waals surface area (Å²) in [5.41, 5.74) is 1.93. The average Bonchev–Trinajstić information content (AvgIpc) is 2.45. The highest BCUT2D eigenvalue weighted by molar-refractivity contribution is 5.73. The summed E-state index contributed by atoms with van der Waals surface area (Å²) in [5.74, 6) is -0.909. The Morgan fingerprint density at radius 1 is 1.15 bits per heavy atom. The van der Waals surface area contributed by atoms with Gasteiger partial charge < -0.3 is 9.47 Å². The van der Waals surface area contributed by atoms with Crippen LogP contribution in [0.5, 0.6) is 0 Å². The van der Waals surface area contributed by atoms with E-state index in [9.17, 15) is 4.79 Å². The summed E-state index contributed by atoms with van der Waals surface area (Å²) >= 11 is 0. The first-order valence-corrected chi connectivity index (χ1v) is 4.01. The zero-order chi connectivity index (χ0) is 8.89. The first-order chi connectivity index (χ1) is 6.30. The van der Waals surface area contributed by atoms with Crippen LogP contribution in [-0.4, -0.2) is 6.16 Å². The minimum absolute atomic E-state index is 0.610. The van der Waals surface area contributed by atoms with Crippen LogP contribution in [-0.2, 0) is 15.3 Å². The van der Waals surface area contributed by atoms with E-state index in [2.05, 4.69) is 0 Å². The molecular formula is C10H6O3. The Morgan fingerprint density at radius 3 is 2.69 bits per heavy atom. The predicted octanol–water partition coefficient (Wildman–Crippen LogP) is 2.03. The highest BCUT2D eigenvalue weighted by Crippen LogP contribution is 2.43. The highest BCUT2D eigenvalue weighted by atomic mass is 16.9. The third-order valence-corrected chi connectivity index (χ3v) is 2.29. The molecular weight excluding hydrogens is 168 g/mol. The van der Waals surface area contributed by atoms with E-state index in [1.54, 1.807) is 6.08 Å². The second kappa shape index (κ2) is 1.93. The van der Waals surface area contributed by atoms with Crippen molar-refractivity contribution in [2.75, 3.05) is 0 Å². The summed E-state index contributed by atoms with van der Waals surface area (Å²) in [5, 5.41) is 0. The van der Waals surface area contributed by atoms with Gasteiger partial charge in [-0.15, -0.1) is 0 Å². The highest BCUT2D eigenvalue weighted by Gasteiger charge is 2.51. The maximum Gasteiger partial charge on any atom is 0.515 e. The third kappa shape index (κ3) is 0.710. The van der Waals surface area contributed by atoms with Crippen molar-refractivity contribution in [2.45, 2.75) is 5.79 Å². The molecule has 0 unspecified atom stereocenters. The topological polar surface area (TPSA) is 35.5 Å². The first kappa shape index (κ1) is 6.71. The molecule has 0 saturated carbocycles. The van der Waals surface area contributed by atoms with Gasteiger partial charge in [0.15, 0.2) is 0 Å². The Bertz CT molecular complexity index is 412. The van der Waals surface area contributed by atoms with Gasteiger partial charge >= 0.3 is 11.9 Å². The van der Waals surface area contributed by atoms with Crippen molar-refractivity contribution in [1.29, 1.82) is 0 Å². The van der Waals surface area contributed by atoms with E-state index in [1.807, 2.05) is 30.3 Å². The van der Waals surface area contributed by atoms with E-state index in [0.717, 1.165) is 11.1 Å². The SMILES string of the molecule is O=C1OC2(C=Cc3ccccc32)O1. The van der Waals surface area contributed by atoms with Gasteiger partial charge in [-0.3, -0.25) is 0 Å². The number of carbonyl (C=O) groups is 1. The van der Waals surface area contributed by atoms with Crippen LogP contribution in [0.3, 0.4) is 0 Å². The molecule has 1 fully saturated rings. The quantitative estimate of drug-likeness (QED) is 0.564. The van der Waals surface area contributed by atoms with Crippen molar-refractivity contribution >= 4 is 12.2 Å². The molecule has 1 saturated heterocycles. The molecule has 3 rings (SSSR count). The summed E-state index contributed by atoms with van der Waals surface area (Å²) < 4.78 is 9.93. The maximum atomic E-state index is 10.6. The molecule has 0 bridgehead atoms. The predicted molar refractivity (Wildman–Crippen MR) is 44.7 cm³/mol. The molecule has 1 aromatic carbocycles. The van der Waals surface area contributed by atoms with Gasteiger partial charge in [-0.2, -0.15) is 0 Å². The van der Waals surface area contributed by atoms with E-state index in [-0.39, 0.29) is 0 Å². The molecule has 3 heteroatoms. The Morgan fingerprint density at radius 2 is 1.92 bits per heavy atom. The van der Waals surface area contributed by atoms with Gasteiger partial charge in [0.05, 0.1) is 0 Å². The summed E-state index contributed by atoms with van der Waals surface area (Å²) in [7, 11) is 0. The Hall–Kier alpha value is -1.77. The molecule has 0 radical (unpaired) electrons. The van der Waals surface area contributed by atoms with Gasteiger partial charge in [0.1, 0.15) is 0 Å². The third-order valence-electron chi connectivity index (χ3n) is 2.29. The molecule has 3 nitrogen and oxygen atoms in total. The molecule has 13 heavy (non-hydrogen) atoms. The fraction of sp³-hybridized carbons (Fsp3) is 0.100. The van der Waals surface area contributed by atoms with Crippen LogP contribution < -0.4 is 0 Å². The first-order valence-electron chi connectivity index (χ1n) is 4.01. The molecule has 1 spiro atoms. The molecule has 1 aliphatic heterocycles. The van der Waals surface area contributed by atoms with Crippen LogP contribution >= 0.6 is 0 Å². The monoisotopic (exact) mass is 174 g/mol. The minimum atomic E-state index is -0.909. The number of benzene rings is 1. The summed E-state index contributed by atoms with van der Waals surface area (Å²) in [6.45, 7) is 0. The summed E-state index contributed by atoms with van der Waals surface area (Å²) in [6.07, 6.45) is 3.03. The normalized spacial score (nSPS) is 20.5. The van der Waals surface area contributed by atoms with Crippen molar-refractivity contribution < 1.29 is 14.3 Å². The van der Waals surface area contributed by atoms with Crippen LogP contribution in [0.1, 0.15) is 11.1 Å². The zero-order valence-corrected chi connectivity index (χ0v) is 6.69. The van der Waals surface area contributed by atoms with Gasteiger partial charge in [0, 0.05) is 11.6 Å². The average molecular weight is 174 g/mol. The van der Waals surface area contributed by atoms with Crippen LogP contribution in [0.15, 0.2) is 30.3 Å². The minimum Gasteiger partial charge on any atom is -0.382 e. The lowest BCUT2D eigenvalue weighted by Gasteiger charge is -2.35. The Kier molecular flexibility index (Phi) is 0.999. The van der Waals surface area contributed by atoms with Crippen LogP contribution in [0.2, 0.25) is 0 Å². The van der Waals surface area contributed by atoms with Crippen molar-refractivity contribution in [2.24, 2.45) is 0 Å². The largest absolute Gasteiger partial charge is 0.515 e. The number of hydrogen-bond donors (Lipinski definition) is 0. The maximum absolute atomic E-state index is 10.6. The van der Waals surface area contributed by atoms with Crippen LogP contribution in [0, 0.1) is 0 Å². The fourth-order valence-electron chi connectivity index (χ4n) is 1.68. The van der Waals surface area contributed by atoms with E-state index in [4.69, 9.17) is 9.47 Å². The van der Waals surface area contributed by atoms with Crippen LogP contribution in [0.4, 0.5) is 4.79 Å². The molecule has 1 aliphatic carbocycles. The summed E-state index contributed by atoms with van der Waals surface area (Å²) in [4.78, 5) is 10.6.